The molecule has 2 aliphatic rings. The Morgan fingerprint density at radius 2 is 2.04 bits per heavy atom. The predicted octanol–water partition coefficient (Wildman–Crippen LogP) is 3.11. The maximum Gasteiger partial charge on any atom is 0.326 e. The van der Waals surface area contributed by atoms with Crippen molar-refractivity contribution in [2.24, 2.45) is 11.3 Å². The lowest BCUT2D eigenvalue weighted by molar-refractivity contribution is -0.141. The van der Waals surface area contributed by atoms with Gasteiger partial charge in [-0.2, -0.15) is 0 Å². The summed E-state index contributed by atoms with van der Waals surface area (Å²) in [5.41, 5.74) is 2.63. The number of aryl methyl sites for hydroxylation is 1. The van der Waals surface area contributed by atoms with Crippen LogP contribution in [0.2, 0.25) is 0 Å². The van der Waals surface area contributed by atoms with Crippen LogP contribution in [0.5, 0.6) is 0 Å². The smallest absolute Gasteiger partial charge is 0.326 e. The lowest BCUT2D eigenvalue weighted by Crippen LogP contribution is -2.40. The van der Waals surface area contributed by atoms with Gasteiger partial charge in [0.25, 0.3) is 5.91 Å². The SMILES string of the molecule is CC(C)(C)C1CCc2nc3sc(C(=O)N4CC(O)C[C@@H]4C(=O)O)cc3cc2C1. The number of pyridine rings is 1. The number of hydrogen-bond acceptors (Lipinski definition) is 5. The second-order valence-corrected chi connectivity index (χ2v) is 10.1. The number of carboxylic acids is 1. The Kier molecular flexibility index (Phi) is 4.70. The van der Waals surface area contributed by atoms with Gasteiger partial charge < -0.3 is 15.1 Å². The molecule has 28 heavy (non-hydrogen) atoms. The van der Waals surface area contributed by atoms with Crippen molar-refractivity contribution >= 4 is 33.4 Å². The predicted molar refractivity (Wildman–Crippen MR) is 108 cm³/mol. The molecule has 0 aromatic carbocycles. The van der Waals surface area contributed by atoms with Crippen LogP contribution in [0, 0.1) is 11.3 Å². The van der Waals surface area contributed by atoms with Gasteiger partial charge in [-0.25, -0.2) is 9.78 Å². The highest BCUT2D eigenvalue weighted by Gasteiger charge is 2.40. The van der Waals surface area contributed by atoms with Gasteiger partial charge in [0.2, 0.25) is 0 Å². The zero-order chi connectivity index (χ0) is 20.2. The third kappa shape index (κ3) is 3.42. The molecular formula is C21H26N2O4S. The van der Waals surface area contributed by atoms with Crippen LogP contribution in [0.3, 0.4) is 0 Å². The summed E-state index contributed by atoms with van der Waals surface area (Å²) in [6, 6.07) is 3.00. The largest absolute Gasteiger partial charge is 0.480 e. The van der Waals surface area contributed by atoms with E-state index in [4.69, 9.17) is 4.98 Å². The third-order valence-corrected chi connectivity index (χ3v) is 7.17. The number of aliphatic carboxylic acids is 1. The minimum absolute atomic E-state index is 0.0568. The second kappa shape index (κ2) is 6.81. The van der Waals surface area contributed by atoms with Gasteiger partial charge in [0.1, 0.15) is 10.9 Å². The Bertz CT molecular complexity index is 946. The number of fused-ring (bicyclic) bond motifs is 2. The van der Waals surface area contributed by atoms with Crippen LogP contribution in [0.4, 0.5) is 0 Å². The molecule has 2 unspecified atom stereocenters. The van der Waals surface area contributed by atoms with Crippen molar-refractivity contribution in [1.82, 2.24) is 9.88 Å². The summed E-state index contributed by atoms with van der Waals surface area (Å²) in [7, 11) is 0. The second-order valence-electron chi connectivity index (χ2n) is 9.11. The molecule has 2 aromatic rings. The van der Waals surface area contributed by atoms with Crippen LogP contribution in [0.1, 0.15) is 54.5 Å². The summed E-state index contributed by atoms with van der Waals surface area (Å²) in [6.45, 7) is 6.89. The number of likely N-dealkylation sites (tertiary alicyclic amines) is 1. The fraction of sp³-hybridized carbons (Fsp3) is 0.571. The number of carbonyl (C=O) groups is 2. The lowest BCUT2D eigenvalue weighted by atomic mass is 9.71. The van der Waals surface area contributed by atoms with Crippen LogP contribution in [0.15, 0.2) is 12.1 Å². The van der Waals surface area contributed by atoms with Crippen molar-refractivity contribution in [3.63, 3.8) is 0 Å². The van der Waals surface area contributed by atoms with Gasteiger partial charge in [0.05, 0.1) is 11.0 Å². The molecule has 6 nitrogen and oxygen atoms in total. The summed E-state index contributed by atoms with van der Waals surface area (Å²) in [5, 5.41) is 20.1. The fourth-order valence-electron chi connectivity index (χ4n) is 4.38. The molecule has 3 heterocycles. The molecule has 0 spiro atoms. The van der Waals surface area contributed by atoms with Gasteiger partial charge >= 0.3 is 5.97 Å². The third-order valence-electron chi connectivity index (χ3n) is 6.13. The number of hydrogen-bond donors (Lipinski definition) is 2. The van der Waals surface area contributed by atoms with Crippen molar-refractivity contribution in [1.29, 1.82) is 0 Å². The average Bonchev–Trinajstić information content (AvgIpc) is 3.20. The molecule has 3 atom stereocenters. The zero-order valence-electron chi connectivity index (χ0n) is 16.4. The highest BCUT2D eigenvalue weighted by molar-refractivity contribution is 7.20. The number of aliphatic hydroxyl groups excluding tert-OH is 1. The van der Waals surface area contributed by atoms with Gasteiger partial charge in [0, 0.05) is 24.0 Å². The summed E-state index contributed by atoms with van der Waals surface area (Å²) in [4.78, 5) is 31.7. The summed E-state index contributed by atoms with van der Waals surface area (Å²) < 4.78 is 0. The van der Waals surface area contributed by atoms with E-state index in [0.717, 1.165) is 35.2 Å². The summed E-state index contributed by atoms with van der Waals surface area (Å²) >= 11 is 1.31. The zero-order valence-corrected chi connectivity index (χ0v) is 17.3. The number of β-amino-alcohol motifs (C(OH)–C–C–N with tert-alkyl or cyclic N) is 1. The highest BCUT2D eigenvalue weighted by atomic mass is 32.1. The Balaban J connectivity index is 1.64. The number of nitrogens with zero attached hydrogens (tertiary/aromatic N) is 2. The number of carboxylic acid groups (broad SMARTS) is 1. The number of carbonyl (C=O) groups excluding carboxylic acids is 1. The molecule has 1 aliphatic carbocycles. The maximum atomic E-state index is 12.9. The quantitative estimate of drug-likeness (QED) is 0.805. The minimum atomic E-state index is -1.08. The number of amides is 1. The molecular weight excluding hydrogens is 376 g/mol. The van der Waals surface area contributed by atoms with Crippen molar-refractivity contribution in [3.8, 4) is 0 Å². The molecule has 1 amide bonds. The van der Waals surface area contributed by atoms with Crippen LogP contribution in [-0.2, 0) is 17.6 Å². The number of thiophene rings is 1. The molecule has 1 saturated heterocycles. The van der Waals surface area contributed by atoms with Crippen molar-refractivity contribution in [2.75, 3.05) is 6.54 Å². The summed E-state index contributed by atoms with van der Waals surface area (Å²) in [5.74, 6) is -0.799. The Hall–Kier alpha value is -1.99. The summed E-state index contributed by atoms with van der Waals surface area (Å²) in [6.07, 6.45) is 2.36. The van der Waals surface area contributed by atoms with Crippen molar-refractivity contribution in [2.45, 2.75) is 58.6 Å². The topological polar surface area (TPSA) is 90.7 Å². The van der Waals surface area contributed by atoms with Crippen LogP contribution < -0.4 is 0 Å². The van der Waals surface area contributed by atoms with E-state index < -0.39 is 18.1 Å². The van der Waals surface area contributed by atoms with Gasteiger partial charge in [-0.3, -0.25) is 4.79 Å². The van der Waals surface area contributed by atoms with E-state index >= 15 is 0 Å². The maximum absolute atomic E-state index is 12.9. The van der Waals surface area contributed by atoms with E-state index in [1.807, 2.05) is 6.07 Å². The first-order valence-corrected chi connectivity index (χ1v) is 10.6. The monoisotopic (exact) mass is 402 g/mol. The molecule has 2 aromatic heterocycles. The first-order chi connectivity index (χ1) is 13.1. The Labute approximate surface area is 168 Å². The lowest BCUT2D eigenvalue weighted by Gasteiger charge is -2.34. The Morgan fingerprint density at radius 1 is 1.29 bits per heavy atom. The molecule has 150 valence electrons. The first kappa shape index (κ1) is 19.3. The standard InChI is InChI=1S/C21H26N2O4S/c1-21(2,3)13-4-5-15-11(7-13)6-12-8-17(28-18(12)22-15)19(25)23-10-14(24)9-16(23)20(26)27/h6,8,13-14,16,24H,4-5,7,9-10H2,1-3H3,(H,26,27)/t13?,14?,16-/m1/s1. The molecule has 0 saturated carbocycles. The molecule has 1 fully saturated rings. The molecule has 7 heteroatoms. The number of rotatable bonds is 2. The van der Waals surface area contributed by atoms with Crippen LogP contribution >= 0.6 is 11.3 Å². The normalized spacial score (nSPS) is 25.1. The van der Waals surface area contributed by atoms with Gasteiger partial charge in [-0.05, 0) is 48.3 Å². The van der Waals surface area contributed by atoms with Crippen LogP contribution in [0.25, 0.3) is 10.2 Å². The van der Waals surface area contributed by atoms with E-state index in [-0.39, 0.29) is 24.3 Å². The average molecular weight is 403 g/mol. The molecule has 2 N–H and O–H groups in total. The van der Waals surface area contributed by atoms with Crippen molar-refractivity contribution in [3.05, 3.63) is 28.3 Å². The van der Waals surface area contributed by atoms with E-state index in [0.29, 0.717) is 10.8 Å². The Morgan fingerprint density at radius 3 is 2.71 bits per heavy atom. The fourth-order valence-corrected chi connectivity index (χ4v) is 5.37. The van der Waals surface area contributed by atoms with E-state index in [2.05, 4.69) is 26.8 Å². The van der Waals surface area contributed by atoms with Gasteiger partial charge in [-0.1, -0.05) is 20.8 Å². The minimum Gasteiger partial charge on any atom is -0.480 e. The van der Waals surface area contributed by atoms with E-state index in [1.165, 1.54) is 21.8 Å². The van der Waals surface area contributed by atoms with E-state index in [1.54, 1.807) is 0 Å². The molecule has 1 aliphatic heterocycles. The highest BCUT2D eigenvalue weighted by Crippen LogP contribution is 2.38. The van der Waals surface area contributed by atoms with Crippen molar-refractivity contribution < 1.29 is 19.8 Å². The molecule has 0 bridgehead atoms. The molecule has 0 radical (unpaired) electrons. The number of aliphatic hydroxyl groups is 1. The molecule has 4 rings (SSSR count). The van der Waals surface area contributed by atoms with Crippen LogP contribution in [-0.4, -0.2) is 50.7 Å². The van der Waals surface area contributed by atoms with E-state index in [9.17, 15) is 19.8 Å². The first-order valence-electron chi connectivity index (χ1n) is 9.77. The van der Waals surface area contributed by atoms with Gasteiger partial charge in [-0.15, -0.1) is 11.3 Å². The number of aromatic nitrogens is 1. The van der Waals surface area contributed by atoms with Gasteiger partial charge in [0.15, 0.2) is 0 Å².